The third-order valence-electron chi connectivity index (χ3n) is 21.3. The number of carbonyl (C=O) groups excluding carboxylic acids is 1. The minimum absolute atomic E-state index is 0.244. The Morgan fingerprint density at radius 3 is 1.03 bits per heavy atom. The van der Waals surface area contributed by atoms with Crippen molar-refractivity contribution in [2.24, 2.45) is 0 Å². The summed E-state index contributed by atoms with van der Waals surface area (Å²) in [5, 5.41) is 121. The molecule has 0 spiro atoms. The second kappa shape index (κ2) is 66.1. The second-order valence-corrected chi connectivity index (χ2v) is 30.6. The molecule has 614 valence electrons. The molecule has 3 rings (SSSR count). The molecule has 3 heterocycles. The normalized spacial score (nSPS) is 26.0. The summed E-state index contributed by atoms with van der Waals surface area (Å²) in [6.07, 6.45) is 59.3. The summed E-state index contributed by atoms with van der Waals surface area (Å²) >= 11 is 0. The number of nitrogens with one attached hydrogen (secondary N) is 1. The highest BCUT2D eigenvalue weighted by Crippen LogP contribution is 2.33. The van der Waals surface area contributed by atoms with Crippen LogP contribution in [0.3, 0.4) is 0 Å². The van der Waals surface area contributed by atoms with E-state index in [0.717, 1.165) is 70.6 Å². The highest BCUT2D eigenvalue weighted by atomic mass is 16.8. The predicted octanol–water partition coefficient (Wildman–Crippen LogP) is 15.4. The lowest BCUT2D eigenvalue weighted by Crippen LogP contribution is -2.66. The smallest absolute Gasteiger partial charge is 0.220 e. The molecule has 17 unspecified atom stereocenters. The molecule has 1 amide bonds. The predicted molar refractivity (Wildman–Crippen MR) is 420 cm³/mol. The van der Waals surface area contributed by atoms with Crippen LogP contribution in [0, 0.1) is 0 Å². The molecule has 3 aliphatic rings. The maximum Gasteiger partial charge on any atom is 0.220 e. The van der Waals surface area contributed by atoms with Gasteiger partial charge in [-0.25, -0.2) is 0 Å². The number of hydrogen-bond donors (Lipinski definition) is 12. The van der Waals surface area contributed by atoms with E-state index in [2.05, 4.69) is 67.8 Å². The van der Waals surface area contributed by atoms with Gasteiger partial charge in [-0.2, -0.15) is 0 Å². The molecular formula is C86H157NO18. The van der Waals surface area contributed by atoms with Gasteiger partial charge in [-0.15, -0.1) is 0 Å². The highest BCUT2D eigenvalue weighted by Gasteiger charge is 2.54. The lowest BCUT2D eigenvalue weighted by atomic mass is 9.96. The van der Waals surface area contributed by atoms with Crippen molar-refractivity contribution in [1.82, 2.24) is 5.32 Å². The standard InChI is InChI=1S/C86H157NO18/c1-3-5-7-9-11-13-15-17-19-21-23-25-27-29-31-33-34-36-38-40-42-44-46-48-50-52-54-56-58-60-62-64-74(92)87-69(70(91)63-61-59-57-55-53-51-49-47-45-43-41-39-37-35-32-30-28-26-24-22-20-18-16-14-12-10-8-6-4-2)68-100-84-80(98)77(95)82(72(66-89)102-84)105-86-81(99)78(96)83(73(67-90)103-86)104-85-79(97)76(94)75(93)71(65-88)101-85/h5,7,11,13,17,19,23,25,61,63,69-73,75-86,88-91,93-99H,3-4,6,8-10,12,14-16,18,20-22,24,26-60,62,64-68H2,1-2H3,(H,87,92)/b7-5-,13-11-,19-17-,25-23-,63-61+. The van der Waals surface area contributed by atoms with Crippen molar-refractivity contribution in [3.05, 3.63) is 60.8 Å². The van der Waals surface area contributed by atoms with Gasteiger partial charge in [-0.05, 0) is 57.8 Å². The van der Waals surface area contributed by atoms with Crippen LogP contribution in [-0.2, 0) is 33.2 Å². The maximum atomic E-state index is 13.5. The van der Waals surface area contributed by atoms with Gasteiger partial charge in [0.25, 0.3) is 0 Å². The number of aliphatic hydroxyl groups is 11. The van der Waals surface area contributed by atoms with E-state index >= 15 is 0 Å². The minimum Gasteiger partial charge on any atom is -0.394 e. The summed E-state index contributed by atoms with van der Waals surface area (Å²) in [6, 6.07) is -0.976. The van der Waals surface area contributed by atoms with Crippen LogP contribution in [0.5, 0.6) is 0 Å². The number of ether oxygens (including phenoxy) is 6. The van der Waals surface area contributed by atoms with Crippen molar-refractivity contribution in [2.45, 2.75) is 452 Å². The van der Waals surface area contributed by atoms with Crippen molar-refractivity contribution in [1.29, 1.82) is 0 Å². The molecule has 12 N–H and O–H groups in total. The maximum absolute atomic E-state index is 13.5. The van der Waals surface area contributed by atoms with Crippen LogP contribution in [0.25, 0.3) is 0 Å². The van der Waals surface area contributed by atoms with Crippen molar-refractivity contribution >= 4 is 5.91 Å². The number of unbranched alkanes of at least 4 members (excludes halogenated alkanes) is 45. The van der Waals surface area contributed by atoms with Gasteiger partial charge in [0.1, 0.15) is 73.2 Å². The van der Waals surface area contributed by atoms with E-state index in [1.807, 2.05) is 6.08 Å². The topological polar surface area (TPSA) is 307 Å². The molecule has 3 aliphatic heterocycles. The van der Waals surface area contributed by atoms with Crippen LogP contribution < -0.4 is 5.32 Å². The van der Waals surface area contributed by atoms with E-state index < -0.39 is 124 Å². The Morgan fingerprint density at radius 1 is 0.352 bits per heavy atom. The Morgan fingerprint density at radius 2 is 0.657 bits per heavy atom. The van der Waals surface area contributed by atoms with E-state index in [9.17, 15) is 61.0 Å². The lowest BCUT2D eigenvalue weighted by molar-refractivity contribution is -0.379. The number of hydrogen-bond acceptors (Lipinski definition) is 18. The average Bonchev–Trinajstić information content (AvgIpc) is 0.781. The van der Waals surface area contributed by atoms with E-state index in [4.69, 9.17) is 28.4 Å². The molecule has 19 nitrogen and oxygen atoms in total. The number of rotatable bonds is 69. The quantitative estimate of drug-likeness (QED) is 0.0199. The van der Waals surface area contributed by atoms with Gasteiger partial charge in [0.2, 0.25) is 5.91 Å². The first-order chi connectivity index (χ1) is 51.3. The number of allylic oxidation sites excluding steroid dienone is 9. The van der Waals surface area contributed by atoms with E-state index in [1.165, 1.54) is 250 Å². The minimum atomic E-state index is -1.98. The molecule has 0 aromatic rings. The Hall–Kier alpha value is -2.51. The summed E-state index contributed by atoms with van der Waals surface area (Å²) in [4.78, 5) is 13.5. The SMILES string of the molecule is CC/C=C\C/C=C\C/C=C\C/C=C\CCCCCCCCCCCCCCCCCCCCC(=O)NC(COC1OC(CO)C(OC2OC(CO)C(OC3OC(CO)C(O)C(O)C3O)C(O)C2O)C(O)C1O)C(O)/C=C/CCCCCCCCCCCCCCCCCCCCCCCCCCCCC. The van der Waals surface area contributed by atoms with Crippen molar-refractivity contribution < 1.29 is 89.4 Å². The van der Waals surface area contributed by atoms with Crippen LogP contribution in [0.15, 0.2) is 60.8 Å². The molecule has 19 heteroatoms. The van der Waals surface area contributed by atoms with E-state index in [0.29, 0.717) is 6.42 Å². The van der Waals surface area contributed by atoms with Gasteiger partial charge in [-0.3, -0.25) is 4.79 Å². The summed E-state index contributed by atoms with van der Waals surface area (Å²) in [7, 11) is 0. The highest BCUT2D eigenvalue weighted by molar-refractivity contribution is 5.76. The monoisotopic (exact) mass is 1490 g/mol. The first-order valence-electron chi connectivity index (χ1n) is 43.0. The molecule has 0 radical (unpaired) electrons. The lowest BCUT2D eigenvalue weighted by Gasteiger charge is -2.48. The number of aliphatic hydroxyl groups excluding tert-OH is 11. The summed E-state index contributed by atoms with van der Waals surface area (Å²) in [5.74, 6) is -0.270. The Balaban J connectivity index is 1.35. The molecule has 0 aromatic carbocycles. The van der Waals surface area contributed by atoms with Crippen LogP contribution in [-0.4, -0.2) is 193 Å². The summed E-state index contributed by atoms with van der Waals surface area (Å²) < 4.78 is 34.5. The molecule has 3 fully saturated rings. The van der Waals surface area contributed by atoms with E-state index in [1.54, 1.807) is 6.08 Å². The van der Waals surface area contributed by atoms with Crippen molar-refractivity contribution in [3.63, 3.8) is 0 Å². The van der Waals surface area contributed by atoms with Gasteiger partial charge >= 0.3 is 0 Å². The van der Waals surface area contributed by atoms with Gasteiger partial charge in [0, 0.05) is 6.42 Å². The zero-order valence-electron chi connectivity index (χ0n) is 66.0. The number of carbonyl (C=O) groups is 1. The summed E-state index contributed by atoms with van der Waals surface area (Å²) in [5.41, 5.74) is 0. The second-order valence-electron chi connectivity index (χ2n) is 30.6. The van der Waals surface area contributed by atoms with Crippen molar-refractivity contribution in [3.8, 4) is 0 Å². The van der Waals surface area contributed by atoms with Crippen LogP contribution in [0.1, 0.15) is 348 Å². The molecule has 105 heavy (non-hydrogen) atoms. The van der Waals surface area contributed by atoms with Crippen LogP contribution in [0.2, 0.25) is 0 Å². The Bertz CT molecular complexity index is 2130. The molecule has 0 saturated carbocycles. The third kappa shape index (κ3) is 45.6. The fraction of sp³-hybridized carbons (Fsp3) is 0.872. The summed E-state index contributed by atoms with van der Waals surface area (Å²) in [6.45, 7) is 1.68. The van der Waals surface area contributed by atoms with Gasteiger partial charge < -0.3 is 89.9 Å². The zero-order chi connectivity index (χ0) is 76.0. The molecular weight excluding hydrogens is 1330 g/mol. The first-order valence-corrected chi connectivity index (χ1v) is 43.0. The van der Waals surface area contributed by atoms with E-state index in [-0.39, 0.29) is 18.9 Å². The Kier molecular flexibility index (Phi) is 60.9. The molecule has 0 bridgehead atoms. The molecule has 3 saturated heterocycles. The van der Waals surface area contributed by atoms with Crippen LogP contribution in [0.4, 0.5) is 0 Å². The van der Waals surface area contributed by atoms with Gasteiger partial charge in [0.15, 0.2) is 18.9 Å². The van der Waals surface area contributed by atoms with Gasteiger partial charge in [-0.1, -0.05) is 344 Å². The Labute approximate surface area is 636 Å². The average molecular weight is 1490 g/mol. The fourth-order valence-corrected chi connectivity index (χ4v) is 14.5. The third-order valence-corrected chi connectivity index (χ3v) is 21.3. The first kappa shape index (κ1) is 96.7. The molecule has 17 atom stereocenters. The van der Waals surface area contributed by atoms with Crippen LogP contribution >= 0.6 is 0 Å². The largest absolute Gasteiger partial charge is 0.394 e. The molecule has 0 aliphatic carbocycles. The van der Waals surface area contributed by atoms with Crippen molar-refractivity contribution in [2.75, 3.05) is 26.4 Å². The number of amides is 1. The molecule has 0 aromatic heterocycles. The van der Waals surface area contributed by atoms with Gasteiger partial charge in [0.05, 0.1) is 38.6 Å². The zero-order valence-corrected chi connectivity index (χ0v) is 66.0. The fourth-order valence-electron chi connectivity index (χ4n) is 14.5.